The first-order valence-electron chi connectivity index (χ1n) is 9.48. The molecule has 0 amide bonds. The zero-order valence-corrected chi connectivity index (χ0v) is 16.4. The standard InChI is InChI=1S/C22H24O7/c1-24-16-10-8-15(9-11-16)21-27-13-17-19(29-21)18(23)20(22(25-2)28-17)26-12-14-6-4-3-5-7-14/h3-11,17,19-22H,12-13H2,1-2H3/t17-,19+,20-,21-,22+/m0/s1. The Hall–Kier alpha value is -2.29. The summed E-state index contributed by atoms with van der Waals surface area (Å²) in [6.07, 6.45) is -3.68. The minimum Gasteiger partial charge on any atom is -0.497 e. The minimum absolute atomic E-state index is 0.203. The molecule has 0 aromatic heterocycles. The fraction of sp³-hybridized carbons (Fsp3) is 0.409. The van der Waals surface area contributed by atoms with E-state index in [1.165, 1.54) is 7.11 Å². The molecule has 0 saturated carbocycles. The predicted molar refractivity (Wildman–Crippen MR) is 102 cm³/mol. The molecule has 154 valence electrons. The number of rotatable bonds is 6. The SMILES string of the molecule is COc1ccc([C@H]2OC[C@@H]3O[C@@H](OC)[C@@H](OCc4ccccc4)C(=O)[C@@H]3O2)cc1. The van der Waals surface area contributed by atoms with Crippen molar-refractivity contribution in [2.75, 3.05) is 20.8 Å². The lowest BCUT2D eigenvalue weighted by atomic mass is 9.99. The van der Waals surface area contributed by atoms with Gasteiger partial charge in [0.2, 0.25) is 0 Å². The summed E-state index contributed by atoms with van der Waals surface area (Å²) in [6.45, 7) is 0.495. The molecule has 29 heavy (non-hydrogen) atoms. The van der Waals surface area contributed by atoms with Crippen molar-refractivity contribution in [1.82, 2.24) is 0 Å². The van der Waals surface area contributed by atoms with Gasteiger partial charge >= 0.3 is 0 Å². The van der Waals surface area contributed by atoms with Crippen LogP contribution in [0.4, 0.5) is 0 Å². The molecule has 2 aromatic carbocycles. The topological polar surface area (TPSA) is 72.5 Å². The Morgan fingerprint density at radius 1 is 1.00 bits per heavy atom. The molecule has 5 atom stereocenters. The van der Waals surface area contributed by atoms with Crippen LogP contribution in [0.2, 0.25) is 0 Å². The summed E-state index contributed by atoms with van der Waals surface area (Å²) in [5, 5.41) is 0. The van der Waals surface area contributed by atoms with Crippen LogP contribution in [0.5, 0.6) is 5.75 Å². The van der Waals surface area contributed by atoms with Gasteiger partial charge in [-0.25, -0.2) is 0 Å². The molecule has 2 saturated heterocycles. The van der Waals surface area contributed by atoms with Gasteiger partial charge in [0.25, 0.3) is 0 Å². The van der Waals surface area contributed by atoms with Gasteiger partial charge < -0.3 is 28.4 Å². The Bertz CT molecular complexity index is 808. The minimum atomic E-state index is -0.879. The fourth-order valence-corrected chi connectivity index (χ4v) is 3.47. The molecule has 7 nitrogen and oxygen atoms in total. The Kier molecular flexibility index (Phi) is 6.22. The van der Waals surface area contributed by atoms with Crippen molar-refractivity contribution in [3.05, 3.63) is 65.7 Å². The van der Waals surface area contributed by atoms with Gasteiger partial charge in [-0.15, -0.1) is 0 Å². The summed E-state index contributed by atoms with van der Waals surface area (Å²) in [7, 11) is 3.09. The summed E-state index contributed by atoms with van der Waals surface area (Å²) in [4.78, 5) is 13.1. The van der Waals surface area contributed by atoms with Crippen molar-refractivity contribution >= 4 is 5.78 Å². The third kappa shape index (κ3) is 4.34. The zero-order valence-electron chi connectivity index (χ0n) is 16.4. The van der Waals surface area contributed by atoms with Crippen LogP contribution in [0, 0.1) is 0 Å². The normalized spacial score (nSPS) is 29.3. The molecule has 2 fully saturated rings. The fourth-order valence-electron chi connectivity index (χ4n) is 3.47. The summed E-state index contributed by atoms with van der Waals surface area (Å²) >= 11 is 0. The Morgan fingerprint density at radius 3 is 2.45 bits per heavy atom. The number of methoxy groups -OCH3 is 2. The second-order valence-electron chi connectivity index (χ2n) is 6.89. The molecule has 0 N–H and O–H groups in total. The Balaban J connectivity index is 1.46. The van der Waals surface area contributed by atoms with E-state index in [1.807, 2.05) is 54.6 Å². The third-order valence-electron chi connectivity index (χ3n) is 5.03. The van der Waals surface area contributed by atoms with Gasteiger partial charge in [0.15, 0.2) is 30.6 Å². The maximum Gasteiger partial charge on any atom is 0.198 e. The molecule has 4 rings (SSSR count). The average Bonchev–Trinajstić information content (AvgIpc) is 2.79. The van der Waals surface area contributed by atoms with E-state index in [1.54, 1.807) is 7.11 Å². The highest BCUT2D eigenvalue weighted by molar-refractivity contribution is 5.89. The highest BCUT2D eigenvalue weighted by Crippen LogP contribution is 2.34. The number of ketones is 1. The van der Waals surface area contributed by atoms with Gasteiger partial charge in [-0.1, -0.05) is 42.5 Å². The maximum absolute atomic E-state index is 13.1. The molecule has 2 aliphatic rings. The number of fused-ring (bicyclic) bond motifs is 1. The van der Waals surface area contributed by atoms with Crippen molar-refractivity contribution in [1.29, 1.82) is 0 Å². The largest absolute Gasteiger partial charge is 0.497 e. The van der Waals surface area contributed by atoms with Crippen LogP contribution in [0.1, 0.15) is 17.4 Å². The number of hydrogen-bond donors (Lipinski definition) is 0. The van der Waals surface area contributed by atoms with Crippen molar-refractivity contribution in [2.24, 2.45) is 0 Å². The van der Waals surface area contributed by atoms with Gasteiger partial charge in [-0.3, -0.25) is 4.79 Å². The molecule has 2 heterocycles. The van der Waals surface area contributed by atoms with Gasteiger partial charge in [-0.05, 0) is 17.7 Å². The molecule has 2 aliphatic heterocycles. The summed E-state index contributed by atoms with van der Waals surface area (Å²) in [6, 6.07) is 17.0. The molecule has 7 heteroatoms. The van der Waals surface area contributed by atoms with Crippen LogP contribution in [0.15, 0.2) is 54.6 Å². The molecule has 0 unspecified atom stereocenters. The Labute approximate surface area is 169 Å². The van der Waals surface area contributed by atoms with Crippen LogP contribution in [0.25, 0.3) is 0 Å². The smallest absolute Gasteiger partial charge is 0.198 e. The van der Waals surface area contributed by atoms with Gasteiger partial charge in [0, 0.05) is 12.7 Å². The third-order valence-corrected chi connectivity index (χ3v) is 5.03. The molecule has 0 spiro atoms. The van der Waals surface area contributed by atoms with E-state index in [-0.39, 0.29) is 19.0 Å². The van der Waals surface area contributed by atoms with E-state index in [0.717, 1.165) is 16.9 Å². The van der Waals surface area contributed by atoms with Crippen molar-refractivity contribution in [3.63, 3.8) is 0 Å². The van der Waals surface area contributed by atoms with E-state index in [4.69, 9.17) is 28.4 Å². The maximum atomic E-state index is 13.1. The average molecular weight is 400 g/mol. The quantitative estimate of drug-likeness (QED) is 0.738. The molecular formula is C22H24O7. The highest BCUT2D eigenvalue weighted by atomic mass is 16.8. The summed E-state index contributed by atoms with van der Waals surface area (Å²) < 4.78 is 34.0. The lowest BCUT2D eigenvalue weighted by Crippen LogP contribution is -2.60. The van der Waals surface area contributed by atoms with Gasteiger partial charge in [0.1, 0.15) is 11.9 Å². The first-order valence-corrected chi connectivity index (χ1v) is 9.48. The monoisotopic (exact) mass is 400 g/mol. The van der Waals surface area contributed by atoms with E-state index < -0.39 is 30.9 Å². The second-order valence-corrected chi connectivity index (χ2v) is 6.89. The number of carbonyl (C=O) groups is 1. The van der Waals surface area contributed by atoms with Crippen LogP contribution < -0.4 is 4.74 Å². The zero-order chi connectivity index (χ0) is 20.2. The lowest BCUT2D eigenvalue weighted by molar-refractivity contribution is -0.318. The molecule has 0 radical (unpaired) electrons. The molecule has 2 aromatic rings. The summed E-state index contributed by atoms with van der Waals surface area (Å²) in [5.41, 5.74) is 1.76. The number of hydrogen-bond acceptors (Lipinski definition) is 7. The number of benzene rings is 2. The van der Waals surface area contributed by atoms with Crippen molar-refractivity contribution in [2.45, 2.75) is 37.5 Å². The number of Topliss-reactive ketones (excluding diaryl/α,β-unsaturated/α-hetero) is 1. The summed E-state index contributed by atoms with van der Waals surface area (Å²) in [5.74, 6) is 0.530. The van der Waals surface area contributed by atoms with Crippen LogP contribution >= 0.6 is 0 Å². The van der Waals surface area contributed by atoms with Gasteiger partial charge in [-0.2, -0.15) is 0 Å². The second kappa shape index (κ2) is 9.02. The number of carbonyl (C=O) groups excluding carboxylic acids is 1. The highest BCUT2D eigenvalue weighted by Gasteiger charge is 2.50. The first kappa shape index (κ1) is 20.0. The molecular weight excluding hydrogens is 376 g/mol. The van der Waals surface area contributed by atoms with E-state index >= 15 is 0 Å². The van der Waals surface area contributed by atoms with Crippen LogP contribution in [-0.2, 0) is 35.1 Å². The Morgan fingerprint density at radius 2 is 1.76 bits per heavy atom. The lowest BCUT2D eigenvalue weighted by Gasteiger charge is -2.43. The molecule has 0 aliphatic carbocycles. The van der Waals surface area contributed by atoms with Crippen LogP contribution in [-0.4, -0.2) is 51.2 Å². The van der Waals surface area contributed by atoms with Crippen LogP contribution in [0.3, 0.4) is 0 Å². The van der Waals surface area contributed by atoms with E-state index in [2.05, 4.69) is 0 Å². The van der Waals surface area contributed by atoms with Crippen molar-refractivity contribution in [3.8, 4) is 5.75 Å². The predicted octanol–water partition coefficient (Wildman–Crippen LogP) is 2.64. The van der Waals surface area contributed by atoms with Crippen molar-refractivity contribution < 1.29 is 33.2 Å². The van der Waals surface area contributed by atoms with E-state index in [9.17, 15) is 4.79 Å². The first-order chi connectivity index (χ1) is 14.2. The number of ether oxygens (including phenoxy) is 6. The molecule has 0 bridgehead atoms. The van der Waals surface area contributed by atoms with E-state index in [0.29, 0.717) is 0 Å². The van der Waals surface area contributed by atoms with Gasteiger partial charge in [0.05, 0.1) is 20.3 Å².